The Bertz CT molecular complexity index is 1360. The van der Waals surface area contributed by atoms with Crippen molar-refractivity contribution in [3.63, 3.8) is 0 Å². The second-order valence-corrected chi connectivity index (χ2v) is 12.3. The Morgan fingerprint density at radius 1 is 0.800 bits per heavy atom. The van der Waals surface area contributed by atoms with Gasteiger partial charge in [-0.25, -0.2) is 4.79 Å². The number of non-ortho nitro benzene ring substituents is 1. The van der Waals surface area contributed by atoms with Gasteiger partial charge in [0.25, 0.3) is 5.69 Å². The molecule has 0 aliphatic carbocycles. The van der Waals surface area contributed by atoms with Crippen molar-refractivity contribution in [2.75, 3.05) is 46.6 Å². The molecule has 0 spiro atoms. The average molecular weight is 620 g/mol. The lowest BCUT2D eigenvalue weighted by Crippen LogP contribution is -2.51. The van der Waals surface area contributed by atoms with Crippen molar-refractivity contribution in [3.05, 3.63) is 112 Å². The number of nitro groups is 1. The van der Waals surface area contributed by atoms with E-state index in [4.69, 9.17) is 14.2 Å². The van der Waals surface area contributed by atoms with Gasteiger partial charge in [0, 0.05) is 35.2 Å². The first kappa shape index (κ1) is 33.6. The number of carbonyl (C=O) groups is 2. The van der Waals surface area contributed by atoms with Gasteiger partial charge < -0.3 is 23.2 Å². The van der Waals surface area contributed by atoms with E-state index in [2.05, 4.69) is 24.3 Å². The lowest BCUT2D eigenvalue weighted by molar-refractivity contribution is -0.945. The van der Waals surface area contributed by atoms with Gasteiger partial charge in [0.1, 0.15) is 32.8 Å². The van der Waals surface area contributed by atoms with Crippen LogP contribution in [0.1, 0.15) is 48.8 Å². The number of hydrogen-bond acceptors (Lipinski definition) is 7. The van der Waals surface area contributed by atoms with Crippen molar-refractivity contribution < 1.29 is 37.7 Å². The lowest BCUT2D eigenvalue weighted by atomic mass is 10.0. The fourth-order valence-corrected chi connectivity index (χ4v) is 6.18. The monoisotopic (exact) mass is 619 g/mol. The van der Waals surface area contributed by atoms with Crippen LogP contribution in [0.15, 0.2) is 84.9 Å². The number of benzene rings is 3. The molecule has 1 atom stereocenters. The van der Waals surface area contributed by atoms with E-state index in [0.717, 1.165) is 41.8 Å². The summed E-state index contributed by atoms with van der Waals surface area (Å²) in [6.07, 6.45) is 3.75. The van der Waals surface area contributed by atoms with Crippen molar-refractivity contribution in [2.24, 2.45) is 0 Å². The molecule has 0 aromatic heterocycles. The number of quaternary nitrogens is 2. The fraction of sp³-hybridized carbons (Fsp3) is 0.429. The molecule has 4 rings (SSSR count). The highest BCUT2D eigenvalue weighted by molar-refractivity contribution is 5.69. The zero-order valence-corrected chi connectivity index (χ0v) is 26.2. The second kappa shape index (κ2) is 16.7. The van der Waals surface area contributed by atoms with E-state index >= 15 is 0 Å². The molecule has 1 saturated heterocycles. The summed E-state index contributed by atoms with van der Waals surface area (Å²) >= 11 is 0. The number of likely N-dealkylation sites (N-methyl/N-ethyl adjacent to an activating group) is 1. The van der Waals surface area contributed by atoms with Gasteiger partial charge in [-0.15, -0.1) is 0 Å². The number of esters is 1. The summed E-state index contributed by atoms with van der Waals surface area (Å²) in [5, 5.41) is 11.0. The van der Waals surface area contributed by atoms with Crippen LogP contribution in [0, 0.1) is 10.1 Å². The Kier molecular flexibility index (Phi) is 12.5. The number of piperidine rings is 1. The van der Waals surface area contributed by atoms with Gasteiger partial charge in [0.05, 0.1) is 38.0 Å². The van der Waals surface area contributed by atoms with Crippen LogP contribution >= 0.6 is 0 Å². The molecule has 0 saturated carbocycles. The molecule has 0 radical (unpaired) electrons. The molecule has 0 amide bonds. The molecule has 1 aliphatic rings. The van der Waals surface area contributed by atoms with Crippen LogP contribution in [-0.4, -0.2) is 72.6 Å². The largest absolute Gasteiger partial charge is 0.511 e. The SMILES string of the molecule is C[N+](CCOC(=O)OCOC(=O)CCC[N+]1(Cc2ccccc2)CCCCC1)(Cc1ccccc1)Cc1ccc([N+](=O)[O-])cc1. The van der Waals surface area contributed by atoms with Gasteiger partial charge in [-0.05, 0) is 31.4 Å². The highest BCUT2D eigenvalue weighted by atomic mass is 16.8. The molecule has 3 aromatic rings. The van der Waals surface area contributed by atoms with Crippen LogP contribution in [-0.2, 0) is 38.6 Å². The molecule has 1 heterocycles. The third-order valence-electron chi connectivity index (χ3n) is 8.51. The van der Waals surface area contributed by atoms with Crippen LogP contribution < -0.4 is 0 Å². The van der Waals surface area contributed by atoms with Crippen LogP contribution in [0.3, 0.4) is 0 Å². The van der Waals surface area contributed by atoms with E-state index < -0.39 is 23.8 Å². The number of carbonyl (C=O) groups excluding carboxylic acids is 2. The Morgan fingerprint density at radius 3 is 2.02 bits per heavy atom. The zero-order chi connectivity index (χ0) is 32.0. The number of nitro benzene ring substituents is 1. The number of ether oxygens (including phenoxy) is 3. The number of hydrogen-bond donors (Lipinski definition) is 0. The molecule has 0 bridgehead atoms. The van der Waals surface area contributed by atoms with Crippen LogP contribution in [0.4, 0.5) is 10.5 Å². The van der Waals surface area contributed by atoms with Gasteiger partial charge in [-0.3, -0.25) is 14.9 Å². The van der Waals surface area contributed by atoms with Crippen molar-refractivity contribution in [1.29, 1.82) is 0 Å². The Labute approximate surface area is 265 Å². The first-order valence-electron chi connectivity index (χ1n) is 15.7. The minimum absolute atomic E-state index is 0.0400. The minimum Gasteiger partial charge on any atom is -0.428 e. The van der Waals surface area contributed by atoms with E-state index in [1.165, 1.54) is 37.0 Å². The minimum atomic E-state index is -0.898. The normalized spacial score (nSPS) is 15.4. The van der Waals surface area contributed by atoms with Crippen molar-refractivity contribution in [3.8, 4) is 0 Å². The number of nitrogens with zero attached hydrogens (tertiary/aromatic N) is 3. The summed E-state index contributed by atoms with van der Waals surface area (Å²) in [4.78, 5) is 35.3. The molecule has 240 valence electrons. The van der Waals surface area contributed by atoms with Gasteiger partial charge in [-0.2, -0.15) is 0 Å². The molecule has 1 fully saturated rings. The van der Waals surface area contributed by atoms with Gasteiger partial charge in [0.15, 0.2) is 0 Å². The summed E-state index contributed by atoms with van der Waals surface area (Å²) in [7, 11) is 2.04. The van der Waals surface area contributed by atoms with Crippen LogP contribution in [0.25, 0.3) is 0 Å². The maximum Gasteiger partial charge on any atom is 0.511 e. The van der Waals surface area contributed by atoms with Crippen molar-refractivity contribution in [2.45, 2.75) is 51.7 Å². The maximum absolute atomic E-state index is 12.4. The molecule has 1 aliphatic heterocycles. The molecule has 10 heteroatoms. The summed E-state index contributed by atoms with van der Waals surface area (Å²) in [5.74, 6) is -0.395. The standard InChI is InChI=1S/C35H45N3O7/c1-37(26-30-12-5-2-6-13-30,27-32-17-19-33(20-18-32)36(41)42)24-25-43-35(40)45-29-44-34(39)16-11-23-38(21-9-4-10-22-38)28-31-14-7-3-8-15-31/h2-3,5-8,12-15,17-20H,4,9-11,16,21-29H2,1H3/q+2. The third kappa shape index (κ3) is 11.3. The Balaban J connectivity index is 1.19. The van der Waals surface area contributed by atoms with E-state index in [9.17, 15) is 19.7 Å². The molecular formula is C35H45N3O7+2. The Hall–Kier alpha value is -4.28. The van der Waals surface area contributed by atoms with E-state index in [0.29, 0.717) is 30.5 Å². The summed E-state index contributed by atoms with van der Waals surface area (Å²) < 4.78 is 17.0. The molecule has 0 N–H and O–H groups in total. The van der Waals surface area contributed by atoms with Gasteiger partial charge in [-0.1, -0.05) is 60.7 Å². The summed E-state index contributed by atoms with van der Waals surface area (Å²) in [6, 6.07) is 27.0. The number of rotatable bonds is 16. The average Bonchev–Trinajstić information content (AvgIpc) is 3.02. The maximum atomic E-state index is 12.4. The zero-order valence-electron chi connectivity index (χ0n) is 26.2. The van der Waals surface area contributed by atoms with Crippen LogP contribution in [0.5, 0.6) is 0 Å². The lowest BCUT2D eigenvalue weighted by Gasteiger charge is -2.41. The highest BCUT2D eigenvalue weighted by Crippen LogP contribution is 2.24. The van der Waals surface area contributed by atoms with Crippen molar-refractivity contribution in [1.82, 2.24) is 0 Å². The summed E-state index contributed by atoms with van der Waals surface area (Å²) in [6.45, 7) is 5.45. The van der Waals surface area contributed by atoms with E-state index in [1.54, 1.807) is 12.1 Å². The summed E-state index contributed by atoms with van der Waals surface area (Å²) in [5.41, 5.74) is 3.41. The van der Waals surface area contributed by atoms with Gasteiger partial charge in [0.2, 0.25) is 6.79 Å². The van der Waals surface area contributed by atoms with Gasteiger partial charge >= 0.3 is 12.1 Å². The quantitative estimate of drug-likeness (QED) is 0.0603. The van der Waals surface area contributed by atoms with Crippen LogP contribution in [0.2, 0.25) is 0 Å². The van der Waals surface area contributed by atoms with Crippen molar-refractivity contribution >= 4 is 17.8 Å². The smallest absolute Gasteiger partial charge is 0.428 e. The Morgan fingerprint density at radius 2 is 1.40 bits per heavy atom. The molecule has 45 heavy (non-hydrogen) atoms. The predicted octanol–water partition coefficient (Wildman–Crippen LogP) is 6.38. The molecule has 1 unspecified atom stereocenters. The molecule has 3 aromatic carbocycles. The number of likely N-dealkylation sites (tertiary alicyclic amines) is 1. The molecular weight excluding hydrogens is 574 g/mol. The topological polar surface area (TPSA) is 105 Å². The van der Waals surface area contributed by atoms with E-state index in [-0.39, 0.29) is 18.7 Å². The second-order valence-electron chi connectivity index (χ2n) is 12.3. The first-order valence-corrected chi connectivity index (χ1v) is 15.7. The van der Waals surface area contributed by atoms with E-state index in [1.807, 2.05) is 43.4 Å². The molecule has 10 nitrogen and oxygen atoms in total. The first-order chi connectivity index (χ1) is 21.7. The predicted molar refractivity (Wildman–Crippen MR) is 169 cm³/mol. The fourth-order valence-electron chi connectivity index (χ4n) is 6.18. The highest BCUT2D eigenvalue weighted by Gasteiger charge is 2.30. The third-order valence-corrected chi connectivity index (χ3v) is 8.51.